The molecule has 0 aliphatic carbocycles. The van der Waals surface area contributed by atoms with Crippen LogP contribution in [0.2, 0.25) is 0 Å². The van der Waals surface area contributed by atoms with Crippen LogP contribution < -0.4 is 9.30 Å². The molecule has 0 aliphatic heterocycles. The molecule has 0 bridgehead atoms. The van der Waals surface area contributed by atoms with Gasteiger partial charge in [-0.05, 0) is 42.3 Å². The first-order chi connectivity index (χ1) is 12.1. The zero-order valence-electron chi connectivity index (χ0n) is 14.8. The molecule has 3 nitrogen and oxygen atoms in total. The summed E-state index contributed by atoms with van der Waals surface area (Å²) in [5, 5.41) is 0. The van der Waals surface area contributed by atoms with E-state index in [1.807, 2.05) is 54.0 Å². The van der Waals surface area contributed by atoms with Gasteiger partial charge in [0, 0.05) is 24.1 Å². The SMILES string of the molecule is COc1ccc(C(=O)C[n+]2cc(C)c(-c3ccccc3)cc2C)cc1. The van der Waals surface area contributed by atoms with Crippen molar-refractivity contribution >= 4 is 5.78 Å². The molecule has 0 saturated heterocycles. The third-order valence-corrected chi connectivity index (χ3v) is 4.39. The molecule has 1 heterocycles. The van der Waals surface area contributed by atoms with E-state index < -0.39 is 0 Å². The van der Waals surface area contributed by atoms with Crippen LogP contribution >= 0.6 is 0 Å². The molecule has 0 spiro atoms. The number of methoxy groups -OCH3 is 1. The summed E-state index contributed by atoms with van der Waals surface area (Å²) in [5.74, 6) is 0.839. The lowest BCUT2D eigenvalue weighted by Gasteiger charge is -2.08. The molecule has 2 aromatic carbocycles. The lowest BCUT2D eigenvalue weighted by atomic mass is 10.0. The van der Waals surface area contributed by atoms with Crippen molar-refractivity contribution in [3.8, 4) is 16.9 Å². The summed E-state index contributed by atoms with van der Waals surface area (Å²) in [6.45, 7) is 4.44. The minimum absolute atomic E-state index is 0.0858. The van der Waals surface area contributed by atoms with Crippen LogP contribution in [-0.4, -0.2) is 12.9 Å². The smallest absolute Gasteiger partial charge is 0.227 e. The molecule has 0 unspecified atom stereocenters. The summed E-state index contributed by atoms with van der Waals surface area (Å²) >= 11 is 0. The van der Waals surface area contributed by atoms with Gasteiger partial charge in [0.15, 0.2) is 11.9 Å². The standard InChI is InChI=1S/C22H22NO2/c1-16-14-23(15-22(24)19-9-11-20(25-3)12-10-19)17(2)13-21(16)18-7-5-4-6-8-18/h4-14H,15H2,1-3H3/q+1. The van der Waals surface area contributed by atoms with Gasteiger partial charge in [0.2, 0.25) is 12.3 Å². The lowest BCUT2D eigenvalue weighted by Crippen LogP contribution is -2.41. The summed E-state index contributed by atoms with van der Waals surface area (Å²) < 4.78 is 7.15. The summed E-state index contributed by atoms with van der Waals surface area (Å²) in [4.78, 5) is 12.6. The summed E-state index contributed by atoms with van der Waals surface area (Å²) in [7, 11) is 1.62. The number of carbonyl (C=O) groups excluding carboxylic acids is 1. The van der Waals surface area contributed by atoms with Gasteiger partial charge in [-0.1, -0.05) is 30.3 Å². The summed E-state index contributed by atoms with van der Waals surface area (Å²) in [6, 6.07) is 19.7. The Morgan fingerprint density at radius 2 is 1.68 bits per heavy atom. The Bertz CT molecular complexity index is 884. The molecule has 0 atom stereocenters. The van der Waals surface area contributed by atoms with Gasteiger partial charge in [0.25, 0.3) is 0 Å². The van der Waals surface area contributed by atoms with E-state index in [0.717, 1.165) is 17.0 Å². The van der Waals surface area contributed by atoms with Gasteiger partial charge < -0.3 is 4.74 Å². The van der Waals surface area contributed by atoms with Gasteiger partial charge in [-0.25, -0.2) is 0 Å². The average Bonchev–Trinajstić information content (AvgIpc) is 2.65. The molecule has 3 rings (SSSR count). The van der Waals surface area contributed by atoms with Gasteiger partial charge in [-0.2, -0.15) is 4.57 Å². The lowest BCUT2D eigenvalue weighted by molar-refractivity contribution is -0.689. The van der Waals surface area contributed by atoms with E-state index in [4.69, 9.17) is 4.74 Å². The van der Waals surface area contributed by atoms with Crippen LogP contribution in [0.3, 0.4) is 0 Å². The van der Waals surface area contributed by atoms with E-state index in [9.17, 15) is 4.79 Å². The first-order valence-corrected chi connectivity index (χ1v) is 8.32. The molecule has 3 heteroatoms. The van der Waals surface area contributed by atoms with Gasteiger partial charge in [0.05, 0.1) is 7.11 Å². The largest absolute Gasteiger partial charge is 0.497 e. The normalized spacial score (nSPS) is 10.5. The van der Waals surface area contributed by atoms with Crippen molar-refractivity contribution in [2.75, 3.05) is 7.11 Å². The Morgan fingerprint density at radius 1 is 1.00 bits per heavy atom. The van der Waals surface area contributed by atoms with Crippen molar-refractivity contribution in [1.82, 2.24) is 0 Å². The maximum absolute atomic E-state index is 12.6. The van der Waals surface area contributed by atoms with Crippen molar-refractivity contribution in [2.24, 2.45) is 0 Å². The number of hydrogen-bond acceptors (Lipinski definition) is 2. The Kier molecular flexibility index (Phi) is 4.94. The van der Waals surface area contributed by atoms with Crippen molar-refractivity contribution < 1.29 is 14.1 Å². The van der Waals surface area contributed by atoms with E-state index in [0.29, 0.717) is 12.1 Å². The molecule has 25 heavy (non-hydrogen) atoms. The van der Waals surface area contributed by atoms with E-state index in [-0.39, 0.29) is 5.78 Å². The molecule has 3 aromatic rings. The van der Waals surface area contributed by atoms with E-state index >= 15 is 0 Å². The van der Waals surface area contributed by atoms with Crippen molar-refractivity contribution in [3.05, 3.63) is 83.7 Å². The molecule has 126 valence electrons. The third kappa shape index (κ3) is 3.77. The number of aryl methyl sites for hydroxylation is 2. The van der Waals surface area contributed by atoms with Crippen LogP contribution in [0.15, 0.2) is 66.9 Å². The molecule has 0 aliphatic rings. The Hall–Kier alpha value is -2.94. The third-order valence-electron chi connectivity index (χ3n) is 4.39. The number of benzene rings is 2. The van der Waals surface area contributed by atoms with Crippen LogP contribution in [0.5, 0.6) is 5.75 Å². The zero-order valence-corrected chi connectivity index (χ0v) is 14.8. The Morgan fingerprint density at radius 3 is 2.32 bits per heavy atom. The number of nitrogens with zero attached hydrogens (tertiary/aromatic N) is 1. The summed E-state index contributed by atoms with van der Waals surface area (Å²) in [5.41, 5.74) is 5.30. The number of aromatic nitrogens is 1. The fourth-order valence-electron chi connectivity index (χ4n) is 2.93. The van der Waals surface area contributed by atoms with Crippen molar-refractivity contribution in [1.29, 1.82) is 0 Å². The first kappa shape index (κ1) is 16.9. The van der Waals surface area contributed by atoms with Crippen LogP contribution in [0.1, 0.15) is 21.6 Å². The zero-order chi connectivity index (χ0) is 17.8. The second kappa shape index (κ2) is 7.31. The predicted molar refractivity (Wildman–Crippen MR) is 98.9 cm³/mol. The molecular formula is C22H22NO2+. The predicted octanol–water partition coefficient (Wildman–Crippen LogP) is 4.15. The molecule has 0 saturated carbocycles. The molecule has 0 amide bonds. The quantitative estimate of drug-likeness (QED) is 0.519. The maximum atomic E-state index is 12.6. The minimum atomic E-state index is 0.0858. The van der Waals surface area contributed by atoms with E-state index in [2.05, 4.69) is 31.3 Å². The number of ether oxygens (including phenoxy) is 1. The first-order valence-electron chi connectivity index (χ1n) is 8.32. The Balaban J connectivity index is 1.85. The fourth-order valence-corrected chi connectivity index (χ4v) is 2.93. The number of ketones is 1. The maximum Gasteiger partial charge on any atom is 0.227 e. The van der Waals surface area contributed by atoms with Crippen LogP contribution in [0, 0.1) is 13.8 Å². The Labute approximate surface area is 148 Å². The van der Waals surface area contributed by atoms with Crippen LogP contribution in [0.25, 0.3) is 11.1 Å². The van der Waals surface area contributed by atoms with E-state index in [1.165, 1.54) is 11.1 Å². The van der Waals surface area contributed by atoms with Gasteiger partial charge in [-0.3, -0.25) is 4.79 Å². The van der Waals surface area contributed by atoms with Crippen molar-refractivity contribution in [2.45, 2.75) is 20.4 Å². The topological polar surface area (TPSA) is 30.2 Å². The van der Waals surface area contributed by atoms with Gasteiger partial charge in [0.1, 0.15) is 5.75 Å². The number of hydrogen-bond donors (Lipinski definition) is 0. The molecule has 0 N–H and O–H groups in total. The average molecular weight is 332 g/mol. The number of Topliss-reactive ketones (excluding diaryl/α,β-unsaturated/α-hetero) is 1. The molecule has 1 aromatic heterocycles. The summed E-state index contributed by atoms with van der Waals surface area (Å²) in [6.07, 6.45) is 2.05. The van der Waals surface area contributed by atoms with Gasteiger partial charge >= 0.3 is 0 Å². The fraction of sp³-hybridized carbons (Fsp3) is 0.182. The highest BCUT2D eigenvalue weighted by Gasteiger charge is 2.17. The second-order valence-electron chi connectivity index (χ2n) is 6.16. The number of pyridine rings is 1. The molecular weight excluding hydrogens is 310 g/mol. The van der Waals surface area contributed by atoms with Crippen LogP contribution in [0.4, 0.5) is 0 Å². The van der Waals surface area contributed by atoms with Crippen LogP contribution in [-0.2, 0) is 6.54 Å². The molecule has 0 fully saturated rings. The number of carbonyl (C=O) groups is 1. The molecule has 0 radical (unpaired) electrons. The number of rotatable bonds is 5. The highest BCUT2D eigenvalue weighted by Crippen LogP contribution is 2.22. The monoisotopic (exact) mass is 332 g/mol. The van der Waals surface area contributed by atoms with Gasteiger partial charge in [-0.15, -0.1) is 0 Å². The second-order valence-corrected chi connectivity index (χ2v) is 6.16. The van der Waals surface area contributed by atoms with E-state index in [1.54, 1.807) is 7.11 Å². The minimum Gasteiger partial charge on any atom is -0.497 e. The highest BCUT2D eigenvalue weighted by atomic mass is 16.5. The van der Waals surface area contributed by atoms with Crippen molar-refractivity contribution in [3.63, 3.8) is 0 Å². The highest BCUT2D eigenvalue weighted by molar-refractivity contribution is 5.95.